The fraction of sp³-hybridized carbons (Fsp3) is 0.375. The Kier molecular flexibility index (Phi) is 8.52. The number of benzene rings is 2. The van der Waals surface area contributed by atoms with Gasteiger partial charge in [0.25, 0.3) is 12.9 Å². The second-order valence-corrected chi connectivity index (χ2v) is 9.56. The van der Waals surface area contributed by atoms with Gasteiger partial charge in [-0.3, -0.25) is 4.79 Å². The van der Waals surface area contributed by atoms with E-state index in [4.69, 9.17) is 16.3 Å². The zero-order valence-electron chi connectivity index (χ0n) is 20.1. The Labute approximate surface area is 214 Å². The highest BCUT2D eigenvalue weighted by atomic mass is 35.5. The molecule has 1 heterocycles. The number of hydrogen-bond donors (Lipinski definition) is 3. The summed E-state index contributed by atoms with van der Waals surface area (Å²) in [4.78, 5) is 28.1. The third kappa shape index (κ3) is 7.03. The Morgan fingerprint density at radius 1 is 1.14 bits per heavy atom. The lowest BCUT2D eigenvalue weighted by molar-refractivity contribution is -0.128. The number of nitrogens with one attached hydrogen (secondary N) is 2. The first-order valence-electron chi connectivity index (χ1n) is 11.1. The van der Waals surface area contributed by atoms with Gasteiger partial charge in [-0.1, -0.05) is 38.4 Å². The Balaban J connectivity index is 2.01. The SMILES string of the molecule is CC(C)(C)C(=O)NCc1ccc(Cl)c(Nc2nc3cc(C(=O)O)c(OCC(F)F)cc3n2CC(F)F)c1. The number of ether oxygens (including phenoxy) is 1. The molecular weight excluding hydrogens is 520 g/mol. The molecule has 1 amide bonds. The molecule has 200 valence electrons. The third-order valence-electron chi connectivity index (χ3n) is 5.18. The molecular formula is C24H25ClF4N4O4. The zero-order valence-corrected chi connectivity index (χ0v) is 20.9. The summed E-state index contributed by atoms with van der Waals surface area (Å²) < 4.78 is 58.2. The minimum absolute atomic E-state index is 0.0228. The molecule has 0 saturated carbocycles. The summed E-state index contributed by atoms with van der Waals surface area (Å²) in [7, 11) is 0. The number of nitrogens with zero attached hydrogens (tertiary/aromatic N) is 2. The van der Waals surface area contributed by atoms with Gasteiger partial charge in [-0.05, 0) is 23.8 Å². The number of hydrogen-bond acceptors (Lipinski definition) is 5. The number of amides is 1. The van der Waals surface area contributed by atoms with Crippen molar-refractivity contribution in [1.29, 1.82) is 0 Å². The number of anilines is 2. The van der Waals surface area contributed by atoms with Crippen LogP contribution in [0.1, 0.15) is 36.7 Å². The van der Waals surface area contributed by atoms with E-state index in [1.54, 1.807) is 39.0 Å². The van der Waals surface area contributed by atoms with Gasteiger partial charge in [0.2, 0.25) is 11.9 Å². The normalized spacial score (nSPS) is 11.8. The van der Waals surface area contributed by atoms with Crippen molar-refractivity contribution in [2.45, 2.75) is 46.7 Å². The highest BCUT2D eigenvalue weighted by Gasteiger charge is 2.23. The van der Waals surface area contributed by atoms with E-state index in [9.17, 15) is 32.3 Å². The van der Waals surface area contributed by atoms with Crippen LogP contribution in [0.5, 0.6) is 5.75 Å². The lowest BCUT2D eigenvalue weighted by Gasteiger charge is -2.18. The van der Waals surface area contributed by atoms with Crippen LogP contribution in [0.25, 0.3) is 11.0 Å². The summed E-state index contributed by atoms with van der Waals surface area (Å²) in [5.41, 5.74) is -0.0210. The number of rotatable bonds is 10. The van der Waals surface area contributed by atoms with Crippen molar-refractivity contribution in [3.63, 3.8) is 0 Å². The van der Waals surface area contributed by atoms with Crippen molar-refractivity contribution in [1.82, 2.24) is 14.9 Å². The smallest absolute Gasteiger partial charge is 0.339 e. The molecule has 3 N–H and O–H groups in total. The molecule has 0 fully saturated rings. The lowest BCUT2D eigenvalue weighted by atomic mass is 9.95. The number of halogens is 5. The molecule has 0 aliphatic heterocycles. The van der Waals surface area contributed by atoms with Crippen LogP contribution in [0.4, 0.5) is 29.2 Å². The van der Waals surface area contributed by atoms with Crippen LogP contribution in [0.2, 0.25) is 5.02 Å². The van der Waals surface area contributed by atoms with E-state index in [2.05, 4.69) is 15.6 Å². The molecule has 1 aromatic heterocycles. The molecule has 8 nitrogen and oxygen atoms in total. The van der Waals surface area contributed by atoms with Crippen LogP contribution in [-0.2, 0) is 17.9 Å². The first kappa shape index (κ1) is 28.0. The van der Waals surface area contributed by atoms with E-state index in [-0.39, 0.29) is 34.5 Å². The summed E-state index contributed by atoms with van der Waals surface area (Å²) in [6.07, 6.45) is -5.69. The molecule has 3 aromatic rings. The predicted octanol–water partition coefficient (Wildman–Crippen LogP) is 5.70. The third-order valence-corrected chi connectivity index (χ3v) is 5.51. The monoisotopic (exact) mass is 544 g/mol. The Bertz CT molecular complexity index is 1310. The molecule has 0 spiro atoms. The Morgan fingerprint density at radius 2 is 1.84 bits per heavy atom. The molecule has 3 rings (SSSR count). The predicted molar refractivity (Wildman–Crippen MR) is 130 cm³/mol. The van der Waals surface area contributed by atoms with E-state index in [1.165, 1.54) is 0 Å². The summed E-state index contributed by atoms with van der Waals surface area (Å²) in [5, 5.41) is 15.4. The van der Waals surface area contributed by atoms with Gasteiger partial charge in [-0.15, -0.1) is 0 Å². The quantitative estimate of drug-likeness (QED) is 0.283. The molecule has 0 saturated heterocycles. The van der Waals surface area contributed by atoms with E-state index in [0.29, 0.717) is 11.3 Å². The summed E-state index contributed by atoms with van der Waals surface area (Å²) in [5.74, 6) is -2.13. The van der Waals surface area contributed by atoms with Crippen LogP contribution in [0, 0.1) is 5.41 Å². The lowest BCUT2D eigenvalue weighted by Crippen LogP contribution is -2.34. The molecule has 0 aliphatic rings. The number of fused-ring (bicyclic) bond motifs is 1. The van der Waals surface area contributed by atoms with E-state index < -0.39 is 48.7 Å². The second-order valence-electron chi connectivity index (χ2n) is 9.15. The second kappa shape index (κ2) is 11.2. The van der Waals surface area contributed by atoms with Crippen LogP contribution in [0.15, 0.2) is 30.3 Å². The largest absolute Gasteiger partial charge is 0.487 e. The molecule has 0 radical (unpaired) electrons. The number of carbonyl (C=O) groups is 2. The standard InChI is InChI=1S/C24H25ClF4N4O4/c1-24(2,3)22(36)30-9-12-4-5-14(25)15(6-12)31-23-32-16-7-13(21(34)35)18(37-11-20(28)29)8-17(16)33(23)10-19(26)27/h4-8,19-20H,9-11H2,1-3H3,(H,30,36)(H,31,32)(H,34,35). The maximum absolute atomic E-state index is 13.5. The van der Waals surface area contributed by atoms with Crippen LogP contribution >= 0.6 is 11.6 Å². The van der Waals surface area contributed by atoms with Crippen molar-refractivity contribution in [2.24, 2.45) is 5.41 Å². The first-order valence-corrected chi connectivity index (χ1v) is 11.4. The van der Waals surface area contributed by atoms with Gasteiger partial charge in [-0.25, -0.2) is 27.3 Å². The fourth-order valence-electron chi connectivity index (χ4n) is 3.36. The summed E-state index contributed by atoms with van der Waals surface area (Å²) in [6.45, 7) is 3.58. The number of alkyl halides is 4. The molecule has 2 aromatic carbocycles. The average Bonchev–Trinajstić information content (AvgIpc) is 3.11. The van der Waals surface area contributed by atoms with E-state index in [0.717, 1.165) is 16.7 Å². The molecule has 0 atom stereocenters. The van der Waals surface area contributed by atoms with Crippen LogP contribution in [0.3, 0.4) is 0 Å². The number of carboxylic acid groups (broad SMARTS) is 1. The minimum atomic E-state index is -2.87. The number of aromatic carboxylic acids is 1. The Morgan fingerprint density at radius 3 is 2.43 bits per heavy atom. The van der Waals surface area contributed by atoms with Crippen molar-refractivity contribution in [3.05, 3.63) is 46.5 Å². The Hall–Kier alpha value is -3.54. The van der Waals surface area contributed by atoms with Gasteiger partial charge in [0.05, 0.1) is 28.3 Å². The molecule has 0 bridgehead atoms. The van der Waals surface area contributed by atoms with Crippen LogP contribution in [-0.4, -0.2) is 46.0 Å². The molecule has 0 aliphatic carbocycles. The fourth-order valence-corrected chi connectivity index (χ4v) is 3.52. The van der Waals surface area contributed by atoms with Crippen LogP contribution < -0.4 is 15.4 Å². The molecule has 13 heteroatoms. The van der Waals surface area contributed by atoms with Gasteiger partial charge >= 0.3 is 5.97 Å². The first-order chi connectivity index (χ1) is 17.3. The van der Waals surface area contributed by atoms with Gasteiger partial charge in [0.1, 0.15) is 17.9 Å². The average molecular weight is 545 g/mol. The highest BCUT2D eigenvalue weighted by Crippen LogP contribution is 2.32. The topological polar surface area (TPSA) is 105 Å². The van der Waals surface area contributed by atoms with E-state index in [1.807, 2.05) is 0 Å². The van der Waals surface area contributed by atoms with E-state index >= 15 is 0 Å². The summed E-state index contributed by atoms with van der Waals surface area (Å²) >= 11 is 6.30. The van der Waals surface area contributed by atoms with Crippen molar-refractivity contribution < 1.29 is 37.0 Å². The minimum Gasteiger partial charge on any atom is -0.487 e. The zero-order chi connectivity index (χ0) is 27.5. The number of aromatic nitrogens is 2. The highest BCUT2D eigenvalue weighted by molar-refractivity contribution is 6.33. The maximum atomic E-state index is 13.5. The molecule has 0 unspecified atom stereocenters. The van der Waals surface area contributed by atoms with Crippen molar-refractivity contribution in [2.75, 3.05) is 11.9 Å². The van der Waals surface area contributed by atoms with Gasteiger partial charge < -0.3 is 25.0 Å². The van der Waals surface area contributed by atoms with Gasteiger partial charge in [0.15, 0.2) is 0 Å². The number of imidazole rings is 1. The maximum Gasteiger partial charge on any atom is 0.339 e. The molecule has 37 heavy (non-hydrogen) atoms. The van der Waals surface area contributed by atoms with Crippen molar-refractivity contribution in [3.8, 4) is 5.75 Å². The number of carbonyl (C=O) groups excluding carboxylic acids is 1. The summed E-state index contributed by atoms with van der Waals surface area (Å²) in [6, 6.07) is 7.00. The number of carboxylic acids is 1. The van der Waals surface area contributed by atoms with Crippen molar-refractivity contribution >= 4 is 46.1 Å². The van der Waals surface area contributed by atoms with Gasteiger partial charge in [0, 0.05) is 18.0 Å². The van der Waals surface area contributed by atoms with Gasteiger partial charge in [-0.2, -0.15) is 0 Å².